The van der Waals surface area contributed by atoms with Gasteiger partial charge in [0.15, 0.2) is 8.32 Å². The SMILES string of the molecule is CO[Si](C)(C)CC(C)CCCOCC(C)C[Si](C)(C)CC(C)(C)C. The van der Waals surface area contributed by atoms with E-state index in [9.17, 15) is 0 Å². The van der Waals surface area contributed by atoms with Gasteiger partial charge in [0, 0.05) is 28.4 Å². The number of hydrogen-bond donors (Lipinski definition) is 0. The molecule has 0 fully saturated rings. The average Bonchev–Trinajstić information content (AvgIpc) is 2.33. The van der Waals surface area contributed by atoms with E-state index in [1.807, 2.05) is 7.11 Å². The third-order valence-electron chi connectivity index (χ3n) is 4.69. The molecule has 0 rings (SSSR count). The highest BCUT2D eigenvalue weighted by Gasteiger charge is 2.29. The van der Waals surface area contributed by atoms with Gasteiger partial charge in [0.1, 0.15) is 0 Å². The van der Waals surface area contributed by atoms with Crippen molar-refractivity contribution >= 4 is 16.4 Å². The fourth-order valence-corrected chi connectivity index (χ4v) is 11.4. The zero-order valence-corrected chi connectivity index (χ0v) is 20.4. The molecule has 0 bridgehead atoms. The van der Waals surface area contributed by atoms with Crippen LogP contribution in [0.3, 0.4) is 0 Å². The molecule has 146 valence electrons. The van der Waals surface area contributed by atoms with Gasteiger partial charge in [-0.2, -0.15) is 0 Å². The maximum absolute atomic E-state index is 5.98. The minimum Gasteiger partial charge on any atom is -0.420 e. The Balaban J connectivity index is 3.88. The predicted molar refractivity (Wildman–Crippen MR) is 114 cm³/mol. The second-order valence-corrected chi connectivity index (χ2v) is 20.1. The Morgan fingerprint density at radius 3 is 2.00 bits per heavy atom. The summed E-state index contributed by atoms with van der Waals surface area (Å²) in [4.78, 5) is 0. The molecule has 0 aromatic carbocycles. The van der Waals surface area contributed by atoms with Crippen molar-refractivity contribution in [2.45, 2.75) is 91.8 Å². The molecule has 4 heteroatoms. The van der Waals surface area contributed by atoms with Crippen LogP contribution in [0, 0.1) is 17.3 Å². The van der Waals surface area contributed by atoms with Gasteiger partial charge < -0.3 is 9.16 Å². The van der Waals surface area contributed by atoms with Crippen LogP contribution in [0.5, 0.6) is 0 Å². The topological polar surface area (TPSA) is 18.5 Å². The van der Waals surface area contributed by atoms with Gasteiger partial charge in [-0.1, -0.05) is 59.8 Å². The summed E-state index contributed by atoms with van der Waals surface area (Å²) in [5.74, 6) is 1.46. The Hall–Kier alpha value is 0.354. The molecule has 0 aliphatic carbocycles. The maximum Gasteiger partial charge on any atom is 0.186 e. The summed E-state index contributed by atoms with van der Waals surface area (Å²) in [6.45, 7) is 23.4. The summed E-state index contributed by atoms with van der Waals surface area (Å²) in [7, 11) is -0.649. The summed E-state index contributed by atoms with van der Waals surface area (Å²) in [5, 5.41) is 0. The smallest absolute Gasteiger partial charge is 0.186 e. The quantitative estimate of drug-likeness (QED) is 0.281. The van der Waals surface area contributed by atoms with Crippen LogP contribution in [0.2, 0.25) is 44.3 Å². The normalized spacial score (nSPS) is 16.2. The molecule has 0 aliphatic rings. The van der Waals surface area contributed by atoms with Gasteiger partial charge in [-0.25, -0.2) is 0 Å². The van der Waals surface area contributed by atoms with Crippen LogP contribution in [0.1, 0.15) is 47.5 Å². The number of ether oxygens (including phenoxy) is 1. The van der Waals surface area contributed by atoms with Crippen molar-refractivity contribution in [3.8, 4) is 0 Å². The summed E-state index contributed by atoms with van der Waals surface area (Å²) < 4.78 is 11.6. The van der Waals surface area contributed by atoms with Gasteiger partial charge in [-0.3, -0.25) is 0 Å². The highest BCUT2D eigenvalue weighted by molar-refractivity contribution is 6.77. The van der Waals surface area contributed by atoms with Gasteiger partial charge in [-0.05, 0) is 49.2 Å². The van der Waals surface area contributed by atoms with E-state index in [0.29, 0.717) is 11.3 Å². The third kappa shape index (κ3) is 13.6. The van der Waals surface area contributed by atoms with Crippen LogP contribution < -0.4 is 0 Å². The van der Waals surface area contributed by atoms with Gasteiger partial charge in [0.05, 0.1) is 0 Å². The first-order chi connectivity index (χ1) is 10.8. The second-order valence-electron chi connectivity index (χ2n) is 10.7. The Labute approximate surface area is 155 Å². The van der Waals surface area contributed by atoms with E-state index in [1.165, 1.54) is 31.0 Å². The highest BCUT2D eigenvalue weighted by atomic mass is 28.4. The van der Waals surface area contributed by atoms with E-state index in [-0.39, 0.29) is 0 Å². The highest BCUT2D eigenvalue weighted by Crippen LogP contribution is 2.32. The van der Waals surface area contributed by atoms with Crippen molar-refractivity contribution in [1.82, 2.24) is 0 Å². The molecule has 2 nitrogen and oxygen atoms in total. The first-order valence-corrected chi connectivity index (χ1v) is 16.4. The molecule has 0 aromatic heterocycles. The lowest BCUT2D eigenvalue weighted by molar-refractivity contribution is 0.104. The summed E-state index contributed by atoms with van der Waals surface area (Å²) >= 11 is 0. The average molecular weight is 375 g/mol. The van der Waals surface area contributed by atoms with Crippen LogP contribution in [0.4, 0.5) is 0 Å². The monoisotopic (exact) mass is 374 g/mol. The van der Waals surface area contributed by atoms with Crippen molar-refractivity contribution < 1.29 is 9.16 Å². The molecule has 2 atom stereocenters. The third-order valence-corrected chi connectivity index (χ3v) is 11.3. The van der Waals surface area contributed by atoms with E-state index < -0.39 is 16.4 Å². The Kier molecular flexibility index (Phi) is 10.6. The Morgan fingerprint density at radius 1 is 0.917 bits per heavy atom. The van der Waals surface area contributed by atoms with Crippen LogP contribution in [-0.4, -0.2) is 36.7 Å². The van der Waals surface area contributed by atoms with Crippen LogP contribution in [0.15, 0.2) is 0 Å². The standard InChI is InChI=1S/C20H46O2Si2/c1-18(16-24(9,10)21-6)12-11-13-22-14-19(2)15-23(7,8)17-20(3,4)5/h18-19H,11-17H2,1-10H3. The first-order valence-electron chi connectivity index (χ1n) is 9.89. The first kappa shape index (κ1) is 24.4. The Morgan fingerprint density at radius 2 is 1.50 bits per heavy atom. The number of rotatable bonds is 12. The second kappa shape index (κ2) is 10.5. The molecule has 24 heavy (non-hydrogen) atoms. The summed E-state index contributed by atoms with van der Waals surface area (Å²) in [5.41, 5.74) is 0.464. The molecule has 0 radical (unpaired) electrons. The zero-order chi connectivity index (χ0) is 19.0. The lowest BCUT2D eigenvalue weighted by atomic mass is 10.0. The van der Waals surface area contributed by atoms with Crippen molar-refractivity contribution in [3.63, 3.8) is 0 Å². The van der Waals surface area contributed by atoms with Gasteiger partial charge >= 0.3 is 0 Å². The fraction of sp³-hybridized carbons (Fsp3) is 1.00. The molecular weight excluding hydrogens is 328 g/mol. The van der Waals surface area contributed by atoms with Gasteiger partial charge in [-0.15, -0.1) is 0 Å². The van der Waals surface area contributed by atoms with Crippen LogP contribution >= 0.6 is 0 Å². The Bertz CT molecular complexity index is 335. The summed E-state index contributed by atoms with van der Waals surface area (Å²) in [6.07, 6.45) is 2.45. The molecular formula is C20H46O2Si2. The van der Waals surface area contributed by atoms with E-state index in [0.717, 1.165) is 19.1 Å². The molecule has 0 spiro atoms. The molecule has 0 aliphatic heterocycles. The van der Waals surface area contributed by atoms with Crippen molar-refractivity contribution in [2.24, 2.45) is 17.3 Å². The minimum absolute atomic E-state index is 0.464. The van der Waals surface area contributed by atoms with Crippen LogP contribution in [-0.2, 0) is 9.16 Å². The van der Waals surface area contributed by atoms with Crippen molar-refractivity contribution in [3.05, 3.63) is 0 Å². The molecule has 0 N–H and O–H groups in total. The maximum atomic E-state index is 5.98. The fourth-order valence-electron chi connectivity index (χ4n) is 4.35. The number of hydrogen-bond acceptors (Lipinski definition) is 2. The molecule has 2 unspecified atom stereocenters. The molecule has 0 amide bonds. The minimum atomic E-state index is -1.41. The molecule has 0 saturated carbocycles. The molecule has 0 aromatic rings. The molecule has 0 heterocycles. The van der Waals surface area contributed by atoms with E-state index in [4.69, 9.17) is 9.16 Å². The van der Waals surface area contributed by atoms with Gasteiger partial charge in [0.2, 0.25) is 0 Å². The zero-order valence-electron chi connectivity index (χ0n) is 18.4. The van der Waals surface area contributed by atoms with Crippen molar-refractivity contribution in [1.29, 1.82) is 0 Å². The lowest BCUT2D eigenvalue weighted by Crippen LogP contribution is -2.33. The van der Waals surface area contributed by atoms with E-state index in [1.54, 1.807) is 0 Å². The van der Waals surface area contributed by atoms with E-state index >= 15 is 0 Å². The predicted octanol–water partition coefficient (Wildman–Crippen LogP) is 6.66. The van der Waals surface area contributed by atoms with Gasteiger partial charge in [0.25, 0.3) is 0 Å². The lowest BCUT2D eigenvalue weighted by Gasteiger charge is -2.32. The largest absolute Gasteiger partial charge is 0.420 e. The van der Waals surface area contributed by atoms with Crippen molar-refractivity contribution in [2.75, 3.05) is 20.3 Å². The van der Waals surface area contributed by atoms with Crippen LogP contribution in [0.25, 0.3) is 0 Å². The molecule has 0 saturated heterocycles. The summed E-state index contributed by atoms with van der Waals surface area (Å²) in [6, 6.07) is 4.04. The van der Waals surface area contributed by atoms with E-state index in [2.05, 4.69) is 60.8 Å².